The number of hydrogen-bond acceptors (Lipinski definition) is 1. The van der Waals surface area contributed by atoms with Gasteiger partial charge in [-0.15, -0.1) is 0 Å². The van der Waals surface area contributed by atoms with Gasteiger partial charge in [0, 0.05) is 6.54 Å². The van der Waals surface area contributed by atoms with Gasteiger partial charge in [0.05, 0.1) is 0 Å². The zero-order chi connectivity index (χ0) is 11.4. The van der Waals surface area contributed by atoms with Crippen molar-refractivity contribution < 1.29 is 18.0 Å². The first kappa shape index (κ1) is 13.3. The van der Waals surface area contributed by atoms with Gasteiger partial charge in [-0.1, -0.05) is 13.8 Å². The summed E-state index contributed by atoms with van der Waals surface area (Å²) in [6, 6.07) is 0. The van der Waals surface area contributed by atoms with E-state index < -0.39 is 17.5 Å². The minimum absolute atomic E-state index is 0.0671. The van der Waals surface area contributed by atoms with Gasteiger partial charge in [-0.25, -0.2) is 0 Å². The maximum Gasteiger partial charge on any atom is 0.403 e. The summed E-state index contributed by atoms with van der Waals surface area (Å²) in [6.45, 7) is 5.85. The average Bonchev–Trinajstić information content (AvgIpc) is 2.87. The molecule has 0 aliphatic heterocycles. The second-order valence-electron chi connectivity index (χ2n) is 2.94. The molecule has 1 saturated carbocycles. The minimum Gasteiger partial charge on any atom is -0.356 e. The van der Waals surface area contributed by atoms with Crippen LogP contribution in [0.2, 0.25) is 0 Å². The lowest BCUT2D eigenvalue weighted by Gasteiger charge is -2.17. The molecule has 0 aromatic rings. The molecule has 0 bridgehead atoms. The first-order chi connectivity index (χ1) is 6.44. The van der Waals surface area contributed by atoms with Gasteiger partial charge in [-0.3, -0.25) is 4.79 Å². The third kappa shape index (κ3) is 2.39. The van der Waals surface area contributed by atoms with Crippen LogP contribution in [0.5, 0.6) is 0 Å². The summed E-state index contributed by atoms with van der Waals surface area (Å²) in [7, 11) is 0. The van der Waals surface area contributed by atoms with Crippen molar-refractivity contribution >= 4 is 5.91 Å². The SMILES string of the molecule is CC.CCNC(=O)C1(C(F)(F)F)CC1. The van der Waals surface area contributed by atoms with Crippen LogP contribution in [0, 0.1) is 5.41 Å². The topological polar surface area (TPSA) is 29.1 Å². The molecule has 1 fully saturated rings. The van der Waals surface area contributed by atoms with Crippen molar-refractivity contribution in [3.05, 3.63) is 0 Å². The number of nitrogens with one attached hydrogen (secondary N) is 1. The Kier molecular flexibility index (Phi) is 4.42. The van der Waals surface area contributed by atoms with Crippen molar-refractivity contribution in [1.29, 1.82) is 0 Å². The van der Waals surface area contributed by atoms with E-state index in [9.17, 15) is 18.0 Å². The van der Waals surface area contributed by atoms with Gasteiger partial charge >= 0.3 is 6.18 Å². The zero-order valence-corrected chi connectivity index (χ0v) is 8.66. The molecular formula is C9H16F3NO. The maximum absolute atomic E-state index is 12.2. The Morgan fingerprint density at radius 1 is 1.36 bits per heavy atom. The Labute approximate surface area is 81.9 Å². The van der Waals surface area contributed by atoms with Crippen LogP contribution in [0.25, 0.3) is 0 Å². The fourth-order valence-electron chi connectivity index (χ4n) is 1.09. The monoisotopic (exact) mass is 211 g/mol. The summed E-state index contributed by atoms with van der Waals surface area (Å²) in [5, 5.41) is 2.20. The molecule has 0 heterocycles. The molecular weight excluding hydrogens is 195 g/mol. The van der Waals surface area contributed by atoms with Crippen molar-refractivity contribution in [2.45, 2.75) is 39.8 Å². The first-order valence-corrected chi connectivity index (χ1v) is 4.79. The van der Waals surface area contributed by atoms with E-state index in [2.05, 4.69) is 5.32 Å². The Morgan fingerprint density at radius 2 is 1.79 bits per heavy atom. The molecule has 1 aliphatic carbocycles. The summed E-state index contributed by atoms with van der Waals surface area (Å²) in [5.41, 5.74) is -2.05. The highest BCUT2D eigenvalue weighted by Gasteiger charge is 2.68. The summed E-state index contributed by atoms with van der Waals surface area (Å²) in [6.07, 6.45) is -4.52. The van der Waals surface area contributed by atoms with Gasteiger partial charge in [0.2, 0.25) is 5.91 Å². The summed E-state index contributed by atoms with van der Waals surface area (Å²) in [5.74, 6) is -0.877. The van der Waals surface area contributed by atoms with E-state index in [1.807, 2.05) is 13.8 Å². The van der Waals surface area contributed by atoms with Gasteiger partial charge in [-0.2, -0.15) is 13.2 Å². The van der Waals surface area contributed by atoms with Crippen molar-refractivity contribution in [2.24, 2.45) is 5.41 Å². The van der Waals surface area contributed by atoms with Crippen molar-refractivity contribution in [3.63, 3.8) is 0 Å². The van der Waals surface area contributed by atoms with Crippen LogP contribution in [0.4, 0.5) is 13.2 Å². The lowest BCUT2D eigenvalue weighted by Crippen LogP contribution is -2.41. The zero-order valence-electron chi connectivity index (χ0n) is 8.66. The molecule has 5 heteroatoms. The predicted octanol–water partition coefficient (Wildman–Crippen LogP) is 2.49. The van der Waals surface area contributed by atoms with Crippen LogP contribution in [-0.4, -0.2) is 18.6 Å². The molecule has 1 rings (SSSR count). The van der Waals surface area contributed by atoms with E-state index >= 15 is 0 Å². The number of carbonyl (C=O) groups excluding carboxylic acids is 1. The molecule has 0 radical (unpaired) electrons. The normalized spacial score (nSPS) is 17.9. The number of halogens is 3. The third-order valence-corrected chi connectivity index (χ3v) is 2.06. The Morgan fingerprint density at radius 3 is 2.00 bits per heavy atom. The van der Waals surface area contributed by atoms with Gasteiger partial charge in [0.25, 0.3) is 0 Å². The second kappa shape index (κ2) is 4.66. The van der Waals surface area contributed by atoms with Gasteiger partial charge in [0.15, 0.2) is 0 Å². The van der Waals surface area contributed by atoms with Crippen LogP contribution in [0.3, 0.4) is 0 Å². The predicted molar refractivity (Wildman–Crippen MR) is 47.8 cm³/mol. The summed E-state index contributed by atoms with van der Waals surface area (Å²) >= 11 is 0. The molecule has 84 valence electrons. The van der Waals surface area contributed by atoms with Crippen LogP contribution < -0.4 is 5.32 Å². The third-order valence-electron chi connectivity index (χ3n) is 2.06. The number of rotatable bonds is 2. The van der Waals surface area contributed by atoms with E-state index in [1.165, 1.54) is 0 Å². The molecule has 0 aromatic carbocycles. The summed E-state index contributed by atoms with van der Waals surface area (Å²) < 4.78 is 36.6. The Balaban J connectivity index is 0.000000791. The molecule has 2 nitrogen and oxygen atoms in total. The fourth-order valence-corrected chi connectivity index (χ4v) is 1.09. The fraction of sp³-hybridized carbons (Fsp3) is 0.889. The van der Waals surface area contributed by atoms with Crippen molar-refractivity contribution in [1.82, 2.24) is 5.32 Å². The van der Waals surface area contributed by atoms with Gasteiger partial charge in [0.1, 0.15) is 5.41 Å². The number of alkyl halides is 3. The quantitative estimate of drug-likeness (QED) is 0.747. The van der Waals surface area contributed by atoms with Crippen LogP contribution >= 0.6 is 0 Å². The lowest BCUT2D eigenvalue weighted by molar-refractivity contribution is -0.192. The van der Waals surface area contributed by atoms with Gasteiger partial charge < -0.3 is 5.32 Å². The van der Waals surface area contributed by atoms with Crippen LogP contribution in [-0.2, 0) is 4.79 Å². The molecule has 1 N–H and O–H groups in total. The molecule has 0 spiro atoms. The molecule has 1 aliphatic rings. The largest absolute Gasteiger partial charge is 0.403 e. The molecule has 0 atom stereocenters. The highest BCUT2D eigenvalue weighted by atomic mass is 19.4. The molecule has 0 unspecified atom stereocenters. The second-order valence-corrected chi connectivity index (χ2v) is 2.94. The highest BCUT2D eigenvalue weighted by Crippen LogP contribution is 2.57. The molecule has 0 aromatic heterocycles. The number of hydrogen-bond donors (Lipinski definition) is 1. The van der Waals surface area contributed by atoms with E-state index in [0.717, 1.165) is 0 Å². The van der Waals surface area contributed by atoms with Crippen LogP contribution in [0.1, 0.15) is 33.6 Å². The van der Waals surface area contributed by atoms with E-state index in [0.29, 0.717) is 0 Å². The standard InChI is InChI=1S/C7H10F3NO.C2H6/c1-2-11-5(12)6(3-4-6)7(8,9)10;1-2/h2-4H2,1H3,(H,11,12);1-2H3. The first-order valence-electron chi connectivity index (χ1n) is 4.79. The van der Waals surface area contributed by atoms with Gasteiger partial charge in [-0.05, 0) is 19.8 Å². The Bertz CT molecular complexity index is 197. The van der Waals surface area contributed by atoms with E-state index in [4.69, 9.17) is 0 Å². The maximum atomic E-state index is 12.2. The Hall–Kier alpha value is -0.740. The highest BCUT2D eigenvalue weighted by molar-refractivity contribution is 5.86. The van der Waals surface area contributed by atoms with Crippen molar-refractivity contribution in [2.75, 3.05) is 6.54 Å². The van der Waals surface area contributed by atoms with Crippen molar-refractivity contribution in [3.8, 4) is 0 Å². The van der Waals surface area contributed by atoms with E-state index in [-0.39, 0.29) is 19.4 Å². The summed E-state index contributed by atoms with van der Waals surface area (Å²) in [4.78, 5) is 10.9. The van der Waals surface area contributed by atoms with E-state index in [1.54, 1.807) is 6.92 Å². The molecule has 1 amide bonds. The number of carbonyl (C=O) groups is 1. The minimum atomic E-state index is -4.38. The number of amides is 1. The molecule has 0 saturated heterocycles. The molecule has 14 heavy (non-hydrogen) atoms. The van der Waals surface area contributed by atoms with Crippen LogP contribution in [0.15, 0.2) is 0 Å². The average molecular weight is 211 g/mol. The lowest BCUT2D eigenvalue weighted by atomic mass is 10.1. The smallest absolute Gasteiger partial charge is 0.356 e.